The van der Waals surface area contributed by atoms with Gasteiger partial charge in [-0.05, 0) is 43.1 Å². The van der Waals surface area contributed by atoms with Crippen molar-refractivity contribution in [2.24, 2.45) is 23.7 Å². The zero-order valence-corrected chi connectivity index (χ0v) is 20.9. The summed E-state index contributed by atoms with van der Waals surface area (Å²) in [6, 6.07) is 0. The number of thiazole rings is 1. The van der Waals surface area contributed by atoms with E-state index in [0.29, 0.717) is 16.8 Å². The van der Waals surface area contributed by atoms with Crippen molar-refractivity contribution in [2.45, 2.75) is 52.2 Å². The maximum atomic E-state index is 12.6. The number of amides is 1. The van der Waals surface area contributed by atoms with Gasteiger partial charge >= 0.3 is 5.97 Å². The molecule has 8 heteroatoms. The fourth-order valence-electron chi connectivity index (χ4n) is 5.89. The fraction of sp³-hybridized carbons (Fsp3) is 0.680. The van der Waals surface area contributed by atoms with Crippen LogP contribution in [-0.2, 0) is 9.53 Å². The molecule has 2 fully saturated rings. The van der Waals surface area contributed by atoms with Crippen molar-refractivity contribution >= 4 is 23.2 Å². The molecule has 1 unspecified atom stereocenters. The minimum atomic E-state index is -0.963. The van der Waals surface area contributed by atoms with Crippen molar-refractivity contribution < 1.29 is 19.4 Å². The molecule has 3 aliphatic rings. The molecular weight excluding hydrogens is 438 g/mol. The lowest BCUT2D eigenvalue weighted by Crippen LogP contribution is -2.57. The van der Waals surface area contributed by atoms with E-state index in [4.69, 9.17) is 4.74 Å². The largest absolute Gasteiger partial charge is 0.458 e. The summed E-state index contributed by atoms with van der Waals surface area (Å²) in [6.07, 6.45) is 7.29. The molecule has 1 amide bonds. The topological polar surface area (TPSA) is 83.0 Å². The molecular formula is C25H36N3O4S. The lowest BCUT2D eigenvalue weighted by Gasteiger charge is -2.53. The highest BCUT2D eigenvalue weighted by molar-refractivity contribution is 7.11. The Morgan fingerprint density at radius 2 is 2.03 bits per heavy atom. The van der Waals surface area contributed by atoms with Crippen molar-refractivity contribution in [1.29, 1.82) is 0 Å². The number of nitrogens with zero attached hydrogens (tertiary/aromatic N) is 3. The van der Waals surface area contributed by atoms with Crippen molar-refractivity contribution in [3.63, 3.8) is 0 Å². The molecule has 1 aliphatic heterocycles. The first-order chi connectivity index (χ1) is 15.7. The van der Waals surface area contributed by atoms with Crippen LogP contribution in [-0.4, -0.2) is 76.2 Å². The van der Waals surface area contributed by atoms with Gasteiger partial charge in [-0.3, -0.25) is 14.5 Å². The Hall–Kier alpha value is -1.77. The minimum absolute atomic E-state index is 0.0239. The van der Waals surface area contributed by atoms with E-state index >= 15 is 0 Å². The Balaban J connectivity index is 1.39. The van der Waals surface area contributed by atoms with Gasteiger partial charge in [-0.15, -0.1) is 11.3 Å². The molecule has 7 nitrogen and oxygen atoms in total. The number of piperazine rings is 1. The Kier molecular flexibility index (Phi) is 7.26. The number of aliphatic hydroxyl groups is 1. The molecule has 6 atom stereocenters. The third-order valence-electron chi connectivity index (χ3n) is 7.87. The summed E-state index contributed by atoms with van der Waals surface area (Å²) in [5, 5.41) is 14.1. The number of aromatic nitrogens is 1. The predicted molar refractivity (Wildman–Crippen MR) is 128 cm³/mol. The van der Waals surface area contributed by atoms with Gasteiger partial charge in [0.15, 0.2) is 5.01 Å². The number of carbonyl (C=O) groups excluding carboxylic acids is 2. The Morgan fingerprint density at radius 1 is 1.30 bits per heavy atom. The van der Waals surface area contributed by atoms with Crippen LogP contribution in [0.3, 0.4) is 0 Å². The fourth-order valence-corrected chi connectivity index (χ4v) is 6.50. The molecule has 0 spiro atoms. The highest BCUT2D eigenvalue weighted by Crippen LogP contribution is 2.50. The molecule has 0 bridgehead atoms. The standard InChI is InChI=1S/C25H36N3O4S/c1-16-13-21-20(6-5-18(3)25(21,31)14-22(16)32-19(4)29)17(2)15-27-8-10-28(11-9-27)24(30)23-26-7-12-33-23/h7,12-14,17-18,20-22,31H,5-6,8-11,15H2,1-4H3/t17?,18-,20+,21-,22-,25-/m1/s1. The van der Waals surface area contributed by atoms with Crippen LogP contribution in [0.25, 0.3) is 0 Å². The highest BCUT2D eigenvalue weighted by atomic mass is 32.1. The third kappa shape index (κ3) is 5.03. The first kappa shape index (κ1) is 24.4. The van der Waals surface area contributed by atoms with Crippen molar-refractivity contribution in [2.75, 3.05) is 32.7 Å². The van der Waals surface area contributed by atoms with Crippen molar-refractivity contribution in [3.05, 3.63) is 34.7 Å². The van der Waals surface area contributed by atoms with Crippen LogP contribution in [0.5, 0.6) is 0 Å². The zero-order valence-electron chi connectivity index (χ0n) is 20.1. The molecule has 1 N–H and O–H groups in total. The van der Waals surface area contributed by atoms with Gasteiger partial charge in [0.2, 0.25) is 0 Å². The number of hydrogen-bond donors (Lipinski definition) is 1. The molecule has 1 radical (unpaired) electrons. The molecule has 181 valence electrons. The minimum Gasteiger partial charge on any atom is -0.458 e. The van der Waals surface area contributed by atoms with Crippen LogP contribution in [0.2, 0.25) is 0 Å². The summed E-state index contributed by atoms with van der Waals surface area (Å²) in [5.74, 6) is 0.602. The lowest BCUT2D eigenvalue weighted by atomic mass is 9.57. The second kappa shape index (κ2) is 9.84. The summed E-state index contributed by atoms with van der Waals surface area (Å²) < 4.78 is 5.47. The van der Waals surface area contributed by atoms with Gasteiger partial charge in [0.1, 0.15) is 6.10 Å². The number of ether oxygens (including phenoxy) is 1. The maximum absolute atomic E-state index is 12.6. The summed E-state index contributed by atoms with van der Waals surface area (Å²) >= 11 is 1.39. The van der Waals surface area contributed by atoms with Crippen LogP contribution in [0.4, 0.5) is 0 Å². The Morgan fingerprint density at radius 3 is 2.67 bits per heavy atom. The predicted octanol–water partition coefficient (Wildman–Crippen LogP) is 3.03. The average molecular weight is 475 g/mol. The highest BCUT2D eigenvalue weighted by Gasteiger charge is 2.53. The second-order valence-corrected chi connectivity index (χ2v) is 11.0. The number of fused-ring (bicyclic) bond motifs is 1. The quantitative estimate of drug-likeness (QED) is 0.522. The number of carbonyl (C=O) groups is 2. The summed E-state index contributed by atoms with van der Waals surface area (Å²) in [5.41, 5.74) is 0.0378. The monoisotopic (exact) mass is 474 g/mol. The van der Waals surface area contributed by atoms with Gasteiger partial charge in [-0.2, -0.15) is 0 Å². The number of rotatable bonds is 5. The van der Waals surface area contributed by atoms with E-state index in [9.17, 15) is 14.7 Å². The molecule has 4 rings (SSSR count). The van der Waals surface area contributed by atoms with Crippen LogP contribution in [0.1, 0.15) is 50.3 Å². The Labute approximate surface area is 200 Å². The summed E-state index contributed by atoms with van der Waals surface area (Å²) in [4.78, 5) is 32.6. The first-order valence-corrected chi connectivity index (χ1v) is 12.9. The third-order valence-corrected chi connectivity index (χ3v) is 8.63. The Bertz CT molecular complexity index is 880. The van der Waals surface area contributed by atoms with Gasteiger partial charge in [0.05, 0.1) is 5.60 Å². The van der Waals surface area contributed by atoms with Crippen LogP contribution in [0.15, 0.2) is 23.2 Å². The zero-order chi connectivity index (χ0) is 23.8. The van der Waals surface area contributed by atoms with E-state index in [0.717, 1.165) is 51.1 Å². The molecule has 1 saturated heterocycles. The summed E-state index contributed by atoms with van der Waals surface area (Å²) in [6.45, 7) is 11.9. The second-order valence-electron chi connectivity index (χ2n) is 10.1. The summed E-state index contributed by atoms with van der Waals surface area (Å²) in [7, 11) is 0. The first-order valence-electron chi connectivity index (χ1n) is 12.0. The maximum Gasteiger partial charge on any atom is 0.303 e. The van der Waals surface area contributed by atoms with Crippen molar-refractivity contribution in [3.8, 4) is 0 Å². The van der Waals surface area contributed by atoms with E-state index in [1.54, 1.807) is 6.20 Å². The number of hydrogen-bond acceptors (Lipinski definition) is 7. The van der Waals surface area contributed by atoms with Crippen LogP contribution >= 0.6 is 11.3 Å². The van der Waals surface area contributed by atoms with Crippen LogP contribution < -0.4 is 0 Å². The normalized spacial score (nSPS) is 33.7. The smallest absolute Gasteiger partial charge is 0.303 e. The van der Waals surface area contributed by atoms with E-state index in [1.165, 1.54) is 18.3 Å². The van der Waals surface area contributed by atoms with Gasteiger partial charge in [-0.25, -0.2) is 4.98 Å². The van der Waals surface area contributed by atoms with Gasteiger partial charge in [0.25, 0.3) is 5.91 Å². The van der Waals surface area contributed by atoms with E-state index in [2.05, 4.69) is 29.8 Å². The molecule has 1 aromatic heterocycles. The van der Waals surface area contributed by atoms with Gasteiger partial charge < -0.3 is 14.7 Å². The molecule has 2 aliphatic carbocycles. The van der Waals surface area contributed by atoms with Crippen LogP contribution in [0, 0.1) is 30.1 Å². The molecule has 2 heterocycles. The van der Waals surface area contributed by atoms with E-state index in [-0.39, 0.29) is 23.7 Å². The van der Waals surface area contributed by atoms with Gasteiger partial charge in [0, 0.05) is 63.6 Å². The molecule has 1 saturated carbocycles. The number of esters is 1. The molecule has 1 aromatic rings. The van der Waals surface area contributed by atoms with Gasteiger partial charge in [-0.1, -0.05) is 19.9 Å². The van der Waals surface area contributed by atoms with Crippen molar-refractivity contribution in [1.82, 2.24) is 14.8 Å². The van der Waals surface area contributed by atoms with E-state index in [1.807, 2.05) is 23.6 Å². The average Bonchev–Trinajstić information content (AvgIpc) is 3.31. The van der Waals surface area contributed by atoms with E-state index < -0.39 is 11.7 Å². The molecule has 0 aromatic carbocycles. The lowest BCUT2D eigenvalue weighted by molar-refractivity contribution is -0.148. The molecule has 33 heavy (non-hydrogen) atoms. The SMILES string of the molecule is CC(=O)O[C@@H]1[CH][C@@]2(O)[C@H](C)CC[C@@H](C(C)CN3CCN(C(=O)c4nccs4)CC3)[C@H]2C=C1C.